The van der Waals surface area contributed by atoms with Crippen molar-refractivity contribution in [1.29, 1.82) is 0 Å². The maximum absolute atomic E-state index is 10.9. The number of piperidine rings is 1. The smallest absolute Gasteiger partial charge is 0.273 e. The summed E-state index contributed by atoms with van der Waals surface area (Å²) >= 11 is 0. The van der Waals surface area contributed by atoms with Crippen LogP contribution in [0.4, 0.5) is 5.69 Å². The van der Waals surface area contributed by atoms with Crippen molar-refractivity contribution in [2.45, 2.75) is 31.8 Å². The Bertz CT molecular complexity index is 436. The van der Waals surface area contributed by atoms with Gasteiger partial charge in [-0.2, -0.15) is 0 Å². The van der Waals surface area contributed by atoms with Crippen LogP contribution in [0.1, 0.15) is 24.8 Å². The number of nitro benzene ring substituents is 1. The van der Waals surface area contributed by atoms with E-state index in [1.807, 2.05) is 12.1 Å². The van der Waals surface area contributed by atoms with Crippen LogP contribution in [-0.2, 0) is 6.54 Å². The Hall–Kier alpha value is -1.46. The molecule has 1 unspecified atom stereocenters. The van der Waals surface area contributed by atoms with Crippen LogP contribution in [0.5, 0.6) is 0 Å². The number of nitrogens with zero attached hydrogens (tertiary/aromatic N) is 2. The molecule has 1 atom stereocenters. The number of rotatable bonds is 5. The first-order chi connectivity index (χ1) is 9.18. The first-order valence-corrected chi connectivity index (χ1v) is 6.81. The van der Waals surface area contributed by atoms with E-state index in [9.17, 15) is 10.1 Å². The van der Waals surface area contributed by atoms with Crippen LogP contribution in [0.2, 0.25) is 0 Å². The molecule has 1 saturated heterocycles. The Kier molecular flexibility index (Phi) is 4.87. The first kappa shape index (κ1) is 14.0. The SMILES string of the molecule is CN1CCCCC1CNCc1ccccc1[N+](=O)[O-]. The van der Waals surface area contributed by atoms with Crippen LogP contribution in [0.3, 0.4) is 0 Å². The molecule has 5 nitrogen and oxygen atoms in total. The van der Waals surface area contributed by atoms with E-state index in [2.05, 4.69) is 17.3 Å². The summed E-state index contributed by atoms with van der Waals surface area (Å²) in [5.41, 5.74) is 0.956. The van der Waals surface area contributed by atoms with E-state index in [0.29, 0.717) is 12.6 Å². The van der Waals surface area contributed by atoms with E-state index in [4.69, 9.17) is 0 Å². The summed E-state index contributed by atoms with van der Waals surface area (Å²) in [5.74, 6) is 0. The molecule has 104 valence electrons. The highest BCUT2D eigenvalue weighted by atomic mass is 16.6. The molecule has 0 amide bonds. The fourth-order valence-corrected chi connectivity index (χ4v) is 2.61. The van der Waals surface area contributed by atoms with Crippen molar-refractivity contribution in [2.24, 2.45) is 0 Å². The molecule has 1 aliphatic heterocycles. The number of likely N-dealkylation sites (tertiary alicyclic amines) is 1. The van der Waals surface area contributed by atoms with Crippen molar-refractivity contribution in [1.82, 2.24) is 10.2 Å². The zero-order valence-corrected chi connectivity index (χ0v) is 11.3. The Morgan fingerprint density at radius 3 is 2.95 bits per heavy atom. The lowest BCUT2D eigenvalue weighted by molar-refractivity contribution is -0.385. The Labute approximate surface area is 113 Å². The third-order valence-corrected chi connectivity index (χ3v) is 3.81. The minimum absolute atomic E-state index is 0.201. The number of nitro groups is 1. The average Bonchev–Trinajstić information content (AvgIpc) is 2.41. The molecule has 1 aliphatic rings. The van der Waals surface area contributed by atoms with E-state index >= 15 is 0 Å². The van der Waals surface area contributed by atoms with Crippen LogP contribution in [0, 0.1) is 10.1 Å². The van der Waals surface area contributed by atoms with Crippen LogP contribution in [-0.4, -0.2) is 36.0 Å². The van der Waals surface area contributed by atoms with Gasteiger partial charge in [0.05, 0.1) is 4.92 Å². The molecule has 0 saturated carbocycles. The molecule has 1 N–H and O–H groups in total. The Balaban J connectivity index is 1.87. The van der Waals surface area contributed by atoms with Crippen LogP contribution >= 0.6 is 0 Å². The minimum Gasteiger partial charge on any atom is -0.311 e. The lowest BCUT2D eigenvalue weighted by atomic mass is 10.0. The normalized spacial score (nSPS) is 20.4. The summed E-state index contributed by atoms with van der Waals surface area (Å²) in [6.07, 6.45) is 3.76. The average molecular weight is 263 g/mol. The molecule has 1 aromatic rings. The first-order valence-electron chi connectivity index (χ1n) is 6.81. The Morgan fingerprint density at radius 2 is 2.21 bits per heavy atom. The van der Waals surface area contributed by atoms with Crippen molar-refractivity contribution in [3.05, 3.63) is 39.9 Å². The van der Waals surface area contributed by atoms with E-state index < -0.39 is 0 Å². The van der Waals surface area contributed by atoms with Gasteiger partial charge in [0.1, 0.15) is 0 Å². The monoisotopic (exact) mass is 263 g/mol. The number of hydrogen-bond donors (Lipinski definition) is 1. The van der Waals surface area contributed by atoms with Gasteiger partial charge < -0.3 is 10.2 Å². The molecule has 0 aliphatic carbocycles. The molecule has 5 heteroatoms. The number of nitrogens with one attached hydrogen (secondary N) is 1. The van der Waals surface area contributed by atoms with Crippen LogP contribution in [0.25, 0.3) is 0 Å². The van der Waals surface area contributed by atoms with E-state index in [1.54, 1.807) is 12.1 Å². The summed E-state index contributed by atoms with van der Waals surface area (Å²) in [6, 6.07) is 7.48. The number of hydrogen-bond acceptors (Lipinski definition) is 4. The predicted octanol–water partition coefficient (Wildman–Crippen LogP) is 2.17. The van der Waals surface area contributed by atoms with Gasteiger partial charge in [0.25, 0.3) is 5.69 Å². The predicted molar refractivity (Wildman–Crippen MR) is 75.1 cm³/mol. The van der Waals surface area contributed by atoms with Gasteiger partial charge in [-0.3, -0.25) is 10.1 Å². The molecule has 0 aromatic heterocycles. The fraction of sp³-hybridized carbons (Fsp3) is 0.571. The van der Waals surface area contributed by atoms with Gasteiger partial charge >= 0.3 is 0 Å². The maximum Gasteiger partial charge on any atom is 0.273 e. The molecule has 0 bridgehead atoms. The lowest BCUT2D eigenvalue weighted by Gasteiger charge is -2.32. The zero-order chi connectivity index (χ0) is 13.7. The molecule has 19 heavy (non-hydrogen) atoms. The summed E-state index contributed by atoms with van der Waals surface area (Å²) in [5, 5.41) is 14.3. The molecule has 0 spiro atoms. The van der Waals surface area contributed by atoms with E-state index in [0.717, 1.165) is 18.7 Å². The minimum atomic E-state index is -0.316. The van der Waals surface area contributed by atoms with E-state index in [1.165, 1.54) is 19.3 Å². The summed E-state index contributed by atoms with van der Waals surface area (Å²) in [6.45, 7) is 2.60. The highest BCUT2D eigenvalue weighted by molar-refractivity contribution is 5.39. The van der Waals surface area contributed by atoms with Gasteiger partial charge in [-0.1, -0.05) is 24.6 Å². The van der Waals surface area contributed by atoms with Crippen molar-refractivity contribution < 1.29 is 4.92 Å². The third kappa shape index (κ3) is 3.75. The molecule has 2 rings (SSSR count). The van der Waals surface area contributed by atoms with Gasteiger partial charge in [0.2, 0.25) is 0 Å². The van der Waals surface area contributed by atoms with Gasteiger partial charge in [-0.25, -0.2) is 0 Å². The molecule has 1 aromatic carbocycles. The standard InChI is InChI=1S/C14H21N3O2/c1-16-9-5-4-7-13(16)11-15-10-12-6-2-3-8-14(12)17(18)19/h2-3,6,8,13,15H,4-5,7,9-11H2,1H3. The third-order valence-electron chi connectivity index (χ3n) is 3.81. The molecule has 0 radical (unpaired) electrons. The summed E-state index contributed by atoms with van der Waals surface area (Å²) < 4.78 is 0. The fourth-order valence-electron chi connectivity index (χ4n) is 2.61. The molecular formula is C14H21N3O2. The second kappa shape index (κ2) is 6.63. The van der Waals surface area contributed by atoms with Crippen LogP contribution in [0.15, 0.2) is 24.3 Å². The zero-order valence-electron chi connectivity index (χ0n) is 11.3. The quantitative estimate of drug-likeness (QED) is 0.653. The summed E-state index contributed by atoms with van der Waals surface area (Å²) in [7, 11) is 2.15. The second-order valence-electron chi connectivity index (χ2n) is 5.15. The molecule has 1 heterocycles. The largest absolute Gasteiger partial charge is 0.311 e. The molecular weight excluding hydrogens is 242 g/mol. The van der Waals surface area contributed by atoms with Gasteiger partial charge in [0.15, 0.2) is 0 Å². The van der Waals surface area contributed by atoms with Crippen molar-refractivity contribution >= 4 is 5.69 Å². The topological polar surface area (TPSA) is 58.4 Å². The number of para-hydroxylation sites is 1. The Morgan fingerprint density at radius 1 is 1.42 bits per heavy atom. The summed E-state index contributed by atoms with van der Waals surface area (Å²) in [4.78, 5) is 13.0. The highest BCUT2D eigenvalue weighted by Crippen LogP contribution is 2.18. The van der Waals surface area contributed by atoms with Crippen molar-refractivity contribution in [2.75, 3.05) is 20.1 Å². The van der Waals surface area contributed by atoms with Crippen molar-refractivity contribution in [3.63, 3.8) is 0 Å². The van der Waals surface area contributed by atoms with Crippen LogP contribution < -0.4 is 5.32 Å². The second-order valence-corrected chi connectivity index (χ2v) is 5.15. The number of benzene rings is 1. The number of likely N-dealkylation sites (N-methyl/N-ethyl adjacent to an activating group) is 1. The van der Waals surface area contributed by atoms with Gasteiger partial charge in [-0.05, 0) is 26.4 Å². The highest BCUT2D eigenvalue weighted by Gasteiger charge is 2.18. The molecule has 1 fully saturated rings. The van der Waals surface area contributed by atoms with Gasteiger partial charge in [0, 0.05) is 30.8 Å². The lowest BCUT2D eigenvalue weighted by Crippen LogP contribution is -2.42. The van der Waals surface area contributed by atoms with E-state index in [-0.39, 0.29) is 10.6 Å². The van der Waals surface area contributed by atoms with Crippen molar-refractivity contribution in [3.8, 4) is 0 Å². The maximum atomic E-state index is 10.9. The van der Waals surface area contributed by atoms with Gasteiger partial charge in [-0.15, -0.1) is 0 Å².